The topological polar surface area (TPSA) is 62.3 Å². The Labute approximate surface area is 241 Å². The van der Waals surface area contributed by atoms with Gasteiger partial charge in [0.2, 0.25) is 0 Å². The number of halogens is 1. The molecule has 8 heteroatoms. The van der Waals surface area contributed by atoms with E-state index in [4.69, 9.17) is 9.47 Å². The molecule has 3 heterocycles. The number of rotatable bonds is 7. The normalized spacial score (nSPS) is 24.6. The van der Waals surface area contributed by atoms with Crippen LogP contribution >= 0.6 is 12.4 Å². The van der Waals surface area contributed by atoms with Crippen molar-refractivity contribution in [2.75, 3.05) is 46.4 Å². The predicted molar refractivity (Wildman–Crippen MR) is 156 cm³/mol. The highest BCUT2D eigenvalue weighted by Gasteiger charge is 2.55. The summed E-state index contributed by atoms with van der Waals surface area (Å²) in [7, 11) is 1.75. The Morgan fingerprint density at radius 3 is 2.26 bits per heavy atom. The Kier molecular flexibility index (Phi) is 10.2. The summed E-state index contributed by atoms with van der Waals surface area (Å²) in [4.78, 5) is 33.1. The molecule has 0 radical (unpaired) electrons. The van der Waals surface area contributed by atoms with E-state index in [1.165, 1.54) is 32.1 Å². The summed E-state index contributed by atoms with van der Waals surface area (Å²) >= 11 is 0. The molecule has 1 spiro atoms. The van der Waals surface area contributed by atoms with Gasteiger partial charge in [0, 0.05) is 70.9 Å². The van der Waals surface area contributed by atoms with Crippen molar-refractivity contribution in [2.24, 2.45) is 5.92 Å². The number of nitrogens with zero attached hydrogens (tertiary/aromatic N) is 3. The van der Waals surface area contributed by atoms with Crippen LogP contribution in [0.25, 0.3) is 0 Å². The number of piperidine rings is 2. The third kappa shape index (κ3) is 6.41. The smallest absolute Gasteiger partial charge is 0.410 e. The lowest BCUT2D eigenvalue weighted by Crippen LogP contribution is -2.56. The van der Waals surface area contributed by atoms with Crippen molar-refractivity contribution in [3.8, 4) is 0 Å². The van der Waals surface area contributed by atoms with E-state index in [1.807, 2.05) is 36.9 Å². The van der Waals surface area contributed by atoms with E-state index < -0.39 is 0 Å². The summed E-state index contributed by atoms with van der Waals surface area (Å²) in [6, 6.07) is 6.68. The number of aryl methyl sites for hydroxylation is 2. The lowest BCUT2D eigenvalue weighted by atomic mass is 9.81. The van der Waals surface area contributed by atoms with E-state index in [-0.39, 0.29) is 36.1 Å². The first-order chi connectivity index (χ1) is 18.4. The minimum Gasteiger partial charge on any atom is -0.440 e. The van der Waals surface area contributed by atoms with Gasteiger partial charge in [-0.15, -0.1) is 12.4 Å². The van der Waals surface area contributed by atoms with Crippen LogP contribution in [0.15, 0.2) is 18.2 Å². The van der Waals surface area contributed by atoms with Crippen molar-refractivity contribution >= 4 is 24.4 Å². The van der Waals surface area contributed by atoms with Crippen LogP contribution in [0.1, 0.15) is 85.7 Å². The molecule has 0 N–H and O–H groups in total. The Hall–Kier alpha value is -1.83. The number of ether oxygens (including phenoxy) is 2. The highest BCUT2D eigenvalue weighted by Crippen LogP contribution is 2.42. The van der Waals surface area contributed by atoms with Crippen molar-refractivity contribution in [2.45, 2.75) is 95.7 Å². The third-order valence-corrected chi connectivity index (χ3v) is 9.89. The SMILES string of the molecule is COCCC1N(CC2CCCCC2)C(=O)OC12CCN(C1CCN(C(=O)c3c(C)cccc3C)CC1)CC2.Cl. The highest BCUT2D eigenvalue weighted by molar-refractivity contribution is 5.97. The maximum absolute atomic E-state index is 13.3. The van der Waals surface area contributed by atoms with Gasteiger partial charge in [-0.05, 0) is 63.0 Å². The van der Waals surface area contributed by atoms with Gasteiger partial charge in [-0.25, -0.2) is 4.79 Å². The molecule has 7 nitrogen and oxygen atoms in total. The molecule has 39 heavy (non-hydrogen) atoms. The number of benzene rings is 1. The molecule has 1 aliphatic carbocycles. The van der Waals surface area contributed by atoms with Gasteiger partial charge in [-0.3, -0.25) is 9.69 Å². The minimum absolute atomic E-state index is 0. The van der Waals surface area contributed by atoms with Crippen LogP contribution in [0.3, 0.4) is 0 Å². The van der Waals surface area contributed by atoms with Crippen molar-refractivity contribution in [1.82, 2.24) is 14.7 Å². The van der Waals surface area contributed by atoms with Crippen LogP contribution in [0.4, 0.5) is 4.79 Å². The lowest BCUT2D eigenvalue weighted by molar-refractivity contribution is -0.0416. The van der Waals surface area contributed by atoms with Crippen LogP contribution < -0.4 is 0 Å². The van der Waals surface area contributed by atoms with Crippen molar-refractivity contribution in [3.63, 3.8) is 0 Å². The van der Waals surface area contributed by atoms with E-state index in [9.17, 15) is 9.59 Å². The predicted octanol–water partition coefficient (Wildman–Crippen LogP) is 5.60. The van der Waals surface area contributed by atoms with E-state index in [0.717, 1.165) is 81.5 Å². The molecule has 1 atom stereocenters. The van der Waals surface area contributed by atoms with Gasteiger partial charge in [-0.1, -0.05) is 37.5 Å². The second-order valence-electron chi connectivity index (χ2n) is 12.2. The molecule has 1 saturated carbocycles. The van der Waals surface area contributed by atoms with E-state index in [2.05, 4.69) is 9.80 Å². The Morgan fingerprint density at radius 1 is 1.00 bits per heavy atom. The molecule has 3 saturated heterocycles. The standard InChI is InChI=1S/C31H47N3O4.ClH/c1-23-8-7-9-24(2)28(23)29(35)33-17-12-26(13-18-33)32-19-15-31(16-20-32)27(14-21-37-3)34(30(36)38-31)22-25-10-5-4-6-11-25;/h7-9,25-27H,4-6,10-22H2,1-3H3;1H. The van der Waals surface area contributed by atoms with Gasteiger partial charge in [0.05, 0.1) is 6.04 Å². The fraction of sp³-hybridized carbons (Fsp3) is 0.742. The summed E-state index contributed by atoms with van der Waals surface area (Å²) in [5.74, 6) is 0.779. The molecule has 1 unspecified atom stereocenters. The second-order valence-corrected chi connectivity index (χ2v) is 12.2. The molecule has 0 aromatic heterocycles. The zero-order valence-corrected chi connectivity index (χ0v) is 25.0. The molecule has 2 amide bonds. The quantitative estimate of drug-likeness (QED) is 0.433. The molecule has 4 aliphatic rings. The number of amides is 2. The zero-order chi connectivity index (χ0) is 26.7. The van der Waals surface area contributed by atoms with Gasteiger partial charge < -0.3 is 19.3 Å². The van der Waals surface area contributed by atoms with Crippen LogP contribution in [-0.4, -0.2) is 90.8 Å². The average Bonchev–Trinajstić information content (AvgIpc) is 3.17. The summed E-state index contributed by atoms with van der Waals surface area (Å²) in [6.45, 7) is 9.06. The molecule has 5 rings (SSSR count). The lowest BCUT2D eigenvalue weighted by Gasteiger charge is -2.46. The minimum atomic E-state index is -0.389. The Morgan fingerprint density at radius 2 is 1.64 bits per heavy atom. The van der Waals surface area contributed by atoms with Crippen molar-refractivity contribution in [3.05, 3.63) is 34.9 Å². The fourth-order valence-corrected chi connectivity index (χ4v) is 7.66. The van der Waals surface area contributed by atoms with Gasteiger partial charge >= 0.3 is 6.09 Å². The Bertz CT molecular complexity index is 962. The molecule has 4 fully saturated rings. The first-order valence-corrected chi connectivity index (χ1v) is 15.0. The number of carbonyl (C=O) groups is 2. The molecule has 1 aromatic carbocycles. The van der Waals surface area contributed by atoms with E-state index in [1.54, 1.807) is 7.11 Å². The summed E-state index contributed by atoms with van der Waals surface area (Å²) < 4.78 is 11.7. The zero-order valence-electron chi connectivity index (χ0n) is 24.2. The number of likely N-dealkylation sites (tertiary alicyclic amines) is 2. The van der Waals surface area contributed by atoms with Gasteiger partial charge in [0.1, 0.15) is 5.60 Å². The Balaban J connectivity index is 0.00000353. The first kappa shape index (κ1) is 30.1. The van der Waals surface area contributed by atoms with Crippen LogP contribution in [0, 0.1) is 19.8 Å². The first-order valence-electron chi connectivity index (χ1n) is 15.0. The summed E-state index contributed by atoms with van der Waals surface area (Å²) in [5, 5.41) is 0. The van der Waals surface area contributed by atoms with Crippen LogP contribution in [0.2, 0.25) is 0 Å². The maximum atomic E-state index is 13.3. The monoisotopic (exact) mass is 561 g/mol. The molecule has 3 aliphatic heterocycles. The van der Waals surface area contributed by atoms with Crippen LogP contribution in [0.5, 0.6) is 0 Å². The van der Waals surface area contributed by atoms with E-state index in [0.29, 0.717) is 18.6 Å². The molecular formula is C31H48ClN3O4. The van der Waals surface area contributed by atoms with Crippen molar-refractivity contribution in [1.29, 1.82) is 0 Å². The molecular weight excluding hydrogens is 514 g/mol. The van der Waals surface area contributed by atoms with E-state index >= 15 is 0 Å². The van der Waals surface area contributed by atoms with Gasteiger partial charge in [0.25, 0.3) is 5.91 Å². The molecule has 1 aromatic rings. The number of hydrogen-bond donors (Lipinski definition) is 0. The second kappa shape index (κ2) is 13.2. The fourth-order valence-electron chi connectivity index (χ4n) is 7.66. The van der Waals surface area contributed by atoms with Gasteiger partial charge in [0.15, 0.2) is 0 Å². The molecule has 0 bridgehead atoms. The average molecular weight is 562 g/mol. The molecule has 218 valence electrons. The highest BCUT2D eigenvalue weighted by atomic mass is 35.5. The number of hydrogen-bond acceptors (Lipinski definition) is 5. The largest absolute Gasteiger partial charge is 0.440 e. The third-order valence-electron chi connectivity index (χ3n) is 9.89. The van der Waals surface area contributed by atoms with Crippen molar-refractivity contribution < 1.29 is 19.1 Å². The van der Waals surface area contributed by atoms with Crippen LogP contribution in [-0.2, 0) is 9.47 Å². The number of carbonyl (C=O) groups excluding carboxylic acids is 2. The summed E-state index contributed by atoms with van der Waals surface area (Å²) in [6.07, 6.45) is 10.9. The van der Waals surface area contributed by atoms with Gasteiger partial charge in [-0.2, -0.15) is 0 Å². The maximum Gasteiger partial charge on any atom is 0.410 e. The number of methoxy groups -OCH3 is 1. The summed E-state index contributed by atoms with van der Waals surface area (Å²) in [5.41, 5.74) is 2.60.